The minimum Gasteiger partial charge on any atom is -0.370 e. The molecule has 2 N–H and O–H groups in total. The summed E-state index contributed by atoms with van der Waals surface area (Å²) in [6, 6.07) is 1.88. The van der Waals surface area contributed by atoms with Gasteiger partial charge < -0.3 is 15.2 Å². The van der Waals surface area contributed by atoms with Crippen molar-refractivity contribution in [1.82, 2.24) is 14.9 Å². The summed E-state index contributed by atoms with van der Waals surface area (Å²) in [6.45, 7) is 14.8. The maximum absolute atomic E-state index is 5.22. The van der Waals surface area contributed by atoms with Crippen LogP contribution >= 0.6 is 12.2 Å². The van der Waals surface area contributed by atoms with Crippen molar-refractivity contribution in [3.63, 3.8) is 0 Å². The molecule has 4 nitrogen and oxygen atoms in total. The number of hydrogen-bond donors (Lipinski definition) is 2. The highest BCUT2D eigenvalue weighted by Crippen LogP contribution is 2.19. The van der Waals surface area contributed by atoms with Crippen LogP contribution in [-0.4, -0.2) is 41.0 Å². The SMILES string of the molecule is CCN(CC)CCNc1cc(=S)nc(C(C)(C)C)[nH]1. The third-order valence-corrected chi connectivity index (χ3v) is 3.30. The Morgan fingerprint density at radius 3 is 2.47 bits per heavy atom. The van der Waals surface area contributed by atoms with Crippen LogP contribution < -0.4 is 5.32 Å². The first-order valence-corrected chi connectivity index (χ1v) is 7.35. The summed E-state index contributed by atoms with van der Waals surface area (Å²) < 4.78 is 0.633. The smallest absolute Gasteiger partial charge is 0.131 e. The van der Waals surface area contributed by atoms with Gasteiger partial charge in [-0.1, -0.05) is 46.8 Å². The lowest BCUT2D eigenvalue weighted by Crippen LogP contribution is -2.29. The summed E-state index contributed by atoms with van der Waals surface area (Å²) >= 11 is 5.22. The van der Waals surface area contributed by atoms with Crippen LogP contribution in [0.5, 0.6) is 0 Å². The molecule has 5 heteroatoms. The van der Waals surface area contributed by atoms with Crippen LogP contribution in [0.3, 0.4) is 0 Å². The van der Waals surface area contributed by atoms with Crippen LogP contribution in [0, 0.1) is 4.64 Å². The number of hydrogen-bond acceptors (Lipinski definition) is 4. The van der Waals surface area contributed by atoms with Crippen LogP contribution in [0.25, 0.3) is 0 Å². The first-order valence-electron chi connectivity index (χ1n) is 6.95. The van der Waals surface area contributed by atoms with Crippen LogP contribution in [0.1, 0.15) is 40.4 Å². The van der Waals surface area contributed by atoms with Gasteiger partial charge in [0.15, 0.2) is 0 Å². The lowest BCUT2D eigenvalue weighted by molar-refractivity contribution is 0.316. The second-order valence-electron chi connectivity index (χ2n) is 5.69. The number of aromatic nitrogens is 2. The predicted molar refractivity (Wildman–Crippen MR) is 84.4 cm³/mol. The van der Waals surface area contributed by atoms with Gasteiger partial charge >= 0.3 is 0 Å². The van der Waals surface area contributed by atoms with Crippen molar-refractivity contribution in [2.75, 3.05) is 31.5 Å². The van der Waals surface area contributed by atoms with E-state index < -0.39 is 0 Å². The number of nitrogens with zero attached hydrogens (tertiary/aromatic N) is 2. The predicted octanol–water partition coefficient (Wildman–Crippen LogP) is 3.19. The van der Waals surface area contributed by atoms with Gasteiger partial charge in [-0.15, -0.1) is 0 Å². The molecule has 0 fully saturated rings. The van der Waals surface area contributed by atoms with E-state index in [0.717, 1.165) is 37.8 Å². The number of nitrogens with one attached hydrogen (secondary N) is 2. The van der Waals surface area contributed by atoms with Crippen LogP contribution in [0.2, 0.25) is 0 Å². The molecular formula is C14H26N4S. The Morgan fingerprint density at radius 1 is 1.32 bits per heavy atom. The maximum atomic E-state index is 5.22. The Hall–Kier alpha value is -0.940. The van der Waals surface area contributed by atoms with E-state index in [1.807, 2.05) is 6.07 Å². The molecular weight excluding hydrogens is 256 g/mol. The van der Waals surface area contributed by atoms with Crippen molar-refractivity contribution in [3.8, 4) is 0 Å². The monoisotopic (exact) mass is 282 g/mol. The molecule has 0 amide bonds. The van der Waals surface area contributed by atoms with Gasteiger partial charge in [-0.05, 0) is 13.1 Å². The van der Waals surface area contributed by atoms with Crippen molar-refractivity contribution in [1.29, 1.82) is 0 Å². The lowest BCUT2D eigenvalue weighted by Gasteiger charge is -2.20. The minimum atomic E-state index is -0.0237. The molecule has 0 aliphatic carbocycles. The first kappa shape index (κ1) is 16.1. The Bertz CT molecular complexity index is 443. The van der Waals surface area contributed by atoms with Gasteiger partial charge in [0.2, 0.25) is 0 Å². The summed E-state index contributed by atoms with van der Waals surface area (Å²) in [7, 11) is 0. The normalized spacial score (nSPS) is 11.9. The quantitative estimate of drug-likeness (QED) is 0.787. The van der Waals surface area contributed by atoms with Gasteiger partial charge in [0, 0.05) is 24.6 Å². The molecule has 0 spiro atoms. The van der Waals surface area contributed by atoms with E-state index in [-0.39, 0.29) is 5.41 Å². The highest BCUT2D eigenvalue weighted by atomic mass is 32.1. The molecule has 1 aromatic heterocycles. The van der Waals surface area contributed by atoms with Crippen molar-refractivity contribution in [2.24, 2.45) is 0 Å². The summed E-state index contributed by atoms with van der Waals surface area (Å²) in [4.78, 5) is 10.1. The molecule has 108 valence electrons. The largest absolute Gasteiger partial charge is 0.370 e. The fraction of sp³-hybridized carbons (Fsp3) is 0.714. The Morgan fingerprint density at radius 2 is 1.95 bits per heavy atom. The zero-order chi connectivity index (χ0) is 14.5. The molecule has 0 atom stereocenters. The Kier molecular flexibility index (Phi) is 5.94. The fourth-order valence-electron chi connectivity index (χ4n) is 1.80. The third-order valence-electron chi connectivity index (χ3n) is 3.09. The molecule has 0 aromatic carbocycles. The van der Waals surface area contributed by atoms with Gasteiger partial charge in [-0.25, -0.2) is 4.98 Å². The molecule has 0 aliphatic rings. The Labute approximate surface area is 121 Å². The van der Waals surface area contributed by atoms with E-state index in [9.17, 15) is 0 Å². The molecule has 0 aliphatic heterocycles. The van der Waals surface area contributed by atoms with Gasteiger partial charge in [-0.2, -0.15) is 0 Å². The first-order chi connectivity index (χ1) is 8.86. The topological polar surface area (TPSA) is 44.0 Å². The van der Waals surface area contributed by atoms with Gasteiger partial charge in [0.05, 0.1) is 0 Å². The molecule has 0 bridgehead atoms. The van der Waals surface area contributed by atoms with Crippen LogP contribution in [0.15, 0.2) is 6.07 Å². The number of anilines is 1. The summed E-state index contributed by atoms with van der Waals surface area (Å²) in [5.74, 6) is 1.88. The van der Waals surface area contributed by atoms with Gasteiger partial charge in [0.25, 0.3) is 0 Å². The van der Waals surface area contributed by atoms with Crippen molar-refractivity contribution in [2.45, 2.75) is 40.0 Å². The van der Waals surface area contributed by atoms with E-state index in [4.69, 9.17) is 12.2 Å². The average molecular weight is 282 g/mol. The van der Waals surface area contributed by atoms with E-state index >= 15 is 0 Å². The van der Waals surface area contributed by atoms with Crippen molar-refractivity contribution >= 4 is 18.0 Å². The number of rotatable bonds is 6. The fourth-order valence-corrected chi connectivity index (χ4v) is 2.01. The third kappa shape index (κ3) is 5.28. The molecule has 1 rings (SSSR count). The second kappa shape index (κ2) is 7.01. The number of H-pyrrole nitrogens is 1. The minimum absolute atomic E-state index is 0.0237. The number of aromatic amines is 1. The van der Waals surface area contributed by atoms with E-state index in [2.05, 4.69) is 54.8 Å². The Balaban J connectivity index is 2.69. The highest BCUT2D eigenvalue weighted by molar-refractivity contribution is 7.71. The van der Waals surface area contributed by atoms with Crippen LogP contribution in [0.4, 0.5) is 5.82 Å². The molecule has 0 saturated carbocycles. The average Bonchev–Trinajstić information content (AvgIpc) is 2.33. The molecule has 0 unspecified atom stereocenters. The highest BCUT2D eigenvalue weighted by Gasteiger charge is 2.16. The summed E-state index contributed by atoms with van der Waals surface area (Å²) in [6.07, 6.45) is 0. The zero-order valence-electron chi connectivity index (χ0n) is 12.7. The summed E-state index contributed by atoms with van der Waals surface area (Å²) in [5, 5.41) is 3.39. The van der Waals surface area contributed by atoms with Gasteiger partial charge in [0.1, 0.15) is 16.3 Å². The lowest BCUT2D eigenvalue weighted by atomic mass is 9.96. The van der Waals surface area contributed by atoms with Crippen LogP contribution in [-0.2, 0) is 5.41 Å². The molecule has 19 heavy (non-hydrogen) atoms. The van der Waals surface area contributed by atoms with Crippen molar-refractivity contribution in [3.05, 3.63) is 16.5 Å². The standard InChI is InChI=1S/C14H26N4S/c1-6-18(7-2)9-8-15-11-10-12(19)17-13(16-11)14(3,4)5/h10H,6-9H2,1-5H3,(H2,15,16,17,19). The summed E-state index contributed by atoms with van der Waals surface area (Å²) in [5.41, 5.74) is -0.0237. The zero-order valence-corrected chi connectivity index (χ0v) is 13.5. The second-order valence-corrected chi connectivity index (χ2v) is 6.10. The van der Waals surface area contributed by atoms with E-state index in [0.29, 0.717) is 4.64 Å². The molecule has 0 radical (unpaired) electrons. The molecule has 1 aromatic rings. The number of likely N-dealkylation sites (N-methyl/N-ethyl adjacent to an activating group) is 1. The van der Waals surface area contributed by atoms with E-state index in [1.165, 1.54) is 0 Å². The molecule has 1 heterocycles. The van der Waals surface area contributed by atoms with Gasteiger partial charge in [-0.3, -0.25) is 0 Å². The van der Waals surface area contributed by atoms with E-state index in [1.54, 1.807) is 0 Å². The maximum Gasteiger partial charge on any atom is 0.131 e. The molecule has 0 saturated heterocycles. The van der Waals surface area contributed by atoms with Crippen molar-refractivity contribution < 1.29 is 0 Å².